The first kappa shape index (κ1) is 18.7. The number of halogens is 1. The predicted molar refractivity (Wildman–Crippen MR) is 103 cm³/mol. The largest absolute Gasteiger partial charge is 0.345 e. The average Bonchev–Trinajstić information content (AvgIpc) is 2.60. The maximum absolute atomic E-state index is 12.4. The zero-order valence-corrected chi connectivity index (χ0v) is 16.1. The van der Waals surface area contributed by atoms with Crippen LogP contribution < -0.4 is 5.32 Å². The Bertz CT molecular complexity index is 666. The summed E-state index contributed by atoms with van der Waals surface area (Å²) in [4.78, 5) is 14.8. The van der Waals surface area contributed by atoms with Gasteiger partial charge in [-0.15, -0.1) is 0 Å². The van der Waals surface area contributed by atoms with Crippen LogP contribution in [0.4, 0.5) is 0 Å². The molecule has 0 aromatic heterocycles. The Kier molecular flexibility index (Phi) is 7.00. The second kappa shape index (κ2) is 9.00. The SMILES string of the molecule is CCN(CC)Cc1ccc(C(=O)N[C@H](C)c2ccccc2Br)cc1. The number of amides is 1. The van der Waals surface area contributed by atoms with Crippen molar-refractivity contribution in [2.75, 3.05) is 13.1 Å². The highest BCUT2D eigenvalue weighted by Gasteiger charge is 2.13. The van der Waals surface area contributed by atoms with Crippen molar-refractivity contribution in [3.63, 3.8) is 0 Å². The first-order valence-corrected chi connectivity index (χ1v) is 9.21. The molecule has 0 spiro atoms. The van der Waals surface area contributed by atoms with Gasteiger partial charge in [-0.05, 0) is 49.3 Å². The number of benzene rings is 2. The monoisotopic (exact) mass is 388 g/mol. The fourth-order valence-corrected chi connectivity index (χ4v) is 3.28. The smallest absolute Gasteiger partial charge is 0.251 e. The van der Waals surface area contributed by atoms with Crippen LogP contribution in [0.15, 0.2) is 53.0 Å². The van der Waals surface area contributed by atoms with Crippen LogP contribution >= 0.6 is 15.9 Å². The van der Waals surface area contributed by atoms with Crippen molar-refractivity contribution in [3.05, 3.63) is 69.7 Å². The van der Waals surface area contributed by atoms with Crippen molar-refractivity contribution >= 4 is 21.8 Å². The topological polar surface area (TPSA) is 32.3 Å². The van der Waals surface area contributed by atoms with Gasteiger partial charge in [-0.3, -0.25) is 9.69 Å². The number of nitrogens with zero attached hydrogens (tertiary/aromatic N) is 1. The lowest BCUT2D eigenvalue weighted by Gasteiger charge is -2.18. The summed E-state index contributed by atoms with van der Waals surface area (Å²) in [7, 11) is 0. The van der Waals surface area contributed by atoms with Crippen molar-refractivity contribution < 1.29 is 4.79 Å². The summed E-state index contributed by atoms with van der Waals surface area (Å²) in [6.45, 7) is 9.29. The van der Waals surface area contributed by atoms with E-state index in [9.17, 15) is 4.79 Å². The van der Waals surface area contributed by atoms with Crippen LogP contribution in [-0.4, -0.2) is 23.9 Å². The third-order valence-corrected chi connectivity index (χ3v) is 4.96. The Labute approximate surface area is 153 Å². The lowest BCUT2D eigenvalue weighted by molar-refractivity contribution is 0.0939. The molecule has 1 amide bonds. The average molecular weight is 389 g/mol. The van der Waals surface area contributed by atoms with E-state index in [1.54, 1.807) is 0 Å². The van der Waals surface area contributed by atoms with Gasteiger partial charge in [0.1, 0.15) is 0 Å². The Hall–Kier alpha value is -1.65. The maximum atomic E-state index is 12.4. The first-order valence-electron chi connectivity index (χ1n) is 8.41. The zero-order valence-electron chi connectivity index (χ0n) is 14.6. The van der Waals surface area contributed by atoms with Gasteiger partial charge in [0, 0.05) is 16.6 Å². The molecule has 0 fully saturated rings. The molecule has 0 saturated carbocycles. The number of carbonyl (C=O) groups is 1. The number of hydrogen-bond acceptors (Lipinski definition) is 2. The van der Waals surface area contributed by atoms with E-state index >= 15 is 0 Å². The standard InChI is InChI=1S/C20H25BrN2O/c1-4-23(5-2)14-16-10-12-17(13-11-16)20(24)22-15(3)18-8-6-7-9-19(18)21/h6-13,15H,4-5,14H2,1-3H3,(H,22,24)/t15-/m1/s1. The highest BCUT2D eigenvalue weighted by molar-refractivity contribution is 9.10. The molecule has 0 aliphatic heterocycles. The van der Waals surface area contributed by atoms with Crippen molar-refractivity contribution in [3.8, 4) is 0 Å². The number of carbonyl (C=O) groups excluding carboxylic acids is 1. The summed E-state index contributed by atoms with van der Waals surface area (Å²) in [6.07, 6.45) is 0. The minimum atomic E-state index is -0.0524. The van der Waals surface area contributed by atoms with Gasteiger partial charge >= 0.3 is 0 Å². The van der Waals surface area contributed by atoms with E-state index in [1.165, 1.54) is 5.56 Å². The van der Waals surface area contributed by atoms with E-state index in [0.717, 1.165) is 29.7 Å². The van der Waals surface area contributed by atoms with Crippen LogP contribution in [0.1, 0.15) is 48.3 Å². The van der Waals surface area contributed by atoms with Crippen LogP contribution in [0.5, 0.6) is 0 Å². The van der Waals surface area contributed by atoms with Crippen molar-refractivity contribution in [1.29, 1.82) is 0 Å². The van der Waals surface area contributed by atoms with E-state index < -0.39 is 0 Å². The Morgan fingerprint density at radius 3 is 2.29 bits per heavy atom. The lowest BCUT2D eigenvalue weighted by atomic mass is 10.1. The quantitative estimate of drug-likeness (QED) is 0.739. The van der Waals surface area contributed by atoms with Crippen molar-refractivity contribution in [2.45, 2.75) is 33.4 Å². The molecule has 0 unspecified atom stereocenters. The van der Waals surface area contributed by atoms with Crippen LogP contribution in [0, 0.1) is 0 Å². The Morgan fingerprint density at radius 1 is 1.08 bits per heavy atom. The van der Waals surface area contributed by atoms with E-state index in [1.807, 2.05) is 55.5 Å². The van der Waals surface area contributed by atoms with Gasteiger partial charge < -0.3 is 5.32 Å². The van der Waals surface area contributed by atoms with Gasteiger partial charge in [0.2, 0.25) is 0 Å². The Balaban J connectivity index is 2.01. The summed E-state index contributed by atoms with van der Waals surface area (Å²) >= 11 is 3.53. The Morgan fingerprint density at radius 2 is 1.71 bits per heavy atom. The van der Waals surface area contributed by atoms with E-state index in [0.29, 0.717) is 5.56 Å². The van der Waals surface area contributed by atoms with Gasteiger partial charge in [-0.1, -0.05) is 60.1 Å². The van der Waals surface area contributed by atoms with E-state index in [4.69, 9.17) is 0 Å². The molecule has 128 valence electrons. The molecule has 24 heavy (non-hydrogen) atoms. The van der Waals surface area contributed by atoms with Gasteiger partial charge in [-0.25, -0.2) is 0 Å². The molecule has 0 saturated heterocycles. The number of hydrogen-bond donors (Lipinski definition) is 1. The molecule has 0 aliphatic rings. The summed E-state index contributed by atoms with van der Waals surface area (Å²) in [5.41, 5.74) is 3.00. The molecule has 0 heterocycles. The third kappa shape index (κ3) is 4.92. The maximum Gasteiger partial charge on any atom is 0.251 e. The molecular formula is C20H25BrN2O. The molecule has 1 N–H and O–H groups in total. The molecule has 3 nitrogen and oxygen atoms in total. The fraction of sp³-hybridized carbons (Fsp3) is 0.350. The predicted octanol–water partition coefficient (Wildman–Crippen LogP) is 4.78. The molecule has 2 aromatic rings. The van der Waals surface area contributed by atoms with Gasteiger partial charge in [-0.2, -0.15) is 0 Å². The van der Waals surface area contributed by atoms with Crippen LogP contribution in [-0.2, 0) is 6.54 Å². The number of rotatable bonds is 7. The molecule has 0 aliphatic carbocycles. The van der Waals surface area contributed by atoms with E-state index in [-0.39, 0.29) is 11.9 Å². The molecule has 0 radical (unpaired) electrons. The molecule has 0 bridgehead atoms. The van der Waals surface area contributed by atoms with Crippen LogP contribution in [0.2, 0.25) is 0 Å². The lowest BCUT2D eigenvalue weighted by Crippen LogP contribution is -2.27. The van der Waals surface area contributed by atoms with Crippen LogP contribution in [0.3, 0.4) is 0 Å². The molecule has 2 aromatic carbocycles. The first-order chi connectivity index (χ1) is 11.5. The normalized spacial score (nSPS) is 12.2. The summed E-state index contributed by atoms with van der Waals surface area (Å²) in [5.74, 6) is -0.0485. The minimum Gasteiger partial charge on any atom is -0.345 e. The van der Waals surface area contributed by atoms with Crippen molar-refractivity contribution in [2.24, 2.45) is 0 Å². The molecular weight excluding hydrogens is 364 g/mol. The second-order valence-electron chi connectivity index (χ2n) is 5.87. The fourth-order valence-electron chi connectivity index (χ4n) is 2.65. The second-order valence-corrected chi connectivity index (χ2v) is 6.73. The van der Waals surface area contributed by atoms with Crippen LogP contribution in [0.25, 0.3) is 0 Å². The van der Waals surface area contributed by atoms with Gasteiger partial charge in [0.25, 0.3) is 5.91 Å². The third-order valence-electron chi connectivity index (χ3n) is 4.24. The molecule has 4 heteroatoms. The summed E-state index contributed by atoms with van der Waals surface area (Å²) in [6, 6.07) is 15.8. The summed E-state index contributed by atoms with van der Waals surface area (Å²) in [5, 5.41) is 3.06. The minimum absolute atomic E-state index is 0.0485. The van der Waals surface area contributed by atoms with E-state index in [2.05, 4.69) is 40.0 Å². The van der Waals surface area contributed by atoms with Gasteiger partial charge in [0.05, 0.1) is 6.04 Å². The molecule has 2 rings (SSSR count). The molecule has 1 atom stereocenters. The van der Waals surface area contributed by atoms with Gasteiger partial charge in [0.15, 0.2) is 0 Å². The number of nitrogens with one attached hydrogen (secondary N) is 1. The summed E-state index contributed by atoms with van der Waals surface area (Å²) < 4.78 is 1.01. The highest BCUT2D eigenvalue weighted by atomic mass is 79.9. The van der Waals surface area contributed by atoms with Crippen molar-refractivity contribution in [1.82, 2.24) is 10.2 Å². The highest BCUT2D eigenvalue weighted by Crippen LogP contribution is 2.23. The zero-order chi connectivity index (χ0) is 17.5.